The number of hydrogen-bond donors (Lipinski definition) is 2. The summed E-state index contributed by atoms with van der Waals surface area (Å²) >= 11 is 0. The second-order valence-corrected chi connectivity index (χ2v) is 3.19. The Kier molecular flexibility index (Phi) is 2.31. The predicted molar refractivity (Wildman–Crippen MR) is 51.0 cm³/mol. The van der Waals surface area contributed by atoms with Crippen LogP contribution in [0.2, 0.25) is 0 Å². The van der Waals surface area contributed by atoms with Crippen LogP contribution in [0.5, 0.6) is 5.75 Å². The van der Waals surface area contributed by atoms with Gasteiger partial charge in [-0.25, -0.2) is 14.0 Å². The molecule has 0 aliphatic rings. The van der Waals surface area contributed by atoms with E-state index < -0.39 is 40.1 Å². The van der Waals surface area contributed by atoms with Crippen molar-refractivity contribution in [2.45, 2.75) is 0 Å². The van der Waals surface area contributed by atoms with Crippen molar-refractivity contribution in [2.24, 2.45) is 0 Å². The maximum atomic E-state index is 13.3. The van der Waals surface area contributed by atoms with Crippen LogP contribution in [0.1, 0.15) is 10.4 Å². The number of halogens is 2. The molecule has 0 aliphatic heterocycles. The van der Waals surface area contributed by atoms with Crippen LogP contribution in [0.4, 0.5) is 8.78 Å². The second-order valence-electron chi connectivity index (χ2n) is 3.19. The molecule has 0 saturated heterocycles. The quantitative estimate of drug-likeness (QED) is 0.739. The SMILES string of the molecule is O=C(O)c1cc2cc(F)c(O)c(F)c2oc1=O. The van der Waals surface area contributed by atoms with Gasteiger partial charge in [0.1, 0.15) is 5.56 Å². The Bertz CT molecular complexity index is 689. The summed E-state index contributed by atoms with van der Waals surface area (Å²) in [5, 5.41) is 17.3. The highest BCUT2D eigenvalue weighted by molar-refractivity contribution is 5.91. The van der Waals surface area contributed by atoms with E-state index in [-0.39, 0.29) is 5.39 Å². The third-order valence-corrected chi connectivity index (χ3v) is 2.12. The average Bonchev–Trinajstić information content (AvgIpc) is 2.26. The number of aromatic carboxylic acids is 1. The van der Waals surface area contributed by atoms with Crippen molar-refractivity contribution >= 4 is 16.9 Å². The summed E-state index contributed by atoms with van der Waals surface area (Å²) in [4.78, 5) is 21.7. The van der Waals surface area contributed by atoms with Crippen molar-refractivity contribution in [3.8, 4) is 5.75 Å². The van der Waals surface area contributed by atoms with Gasteiger partial charge >= 0.3 is 11.6 Å². The van der Waals surface area contributed by atoms with Crippen LogP contribution in [0, 0.1) is 11.6 Å². The number of carboxylic acids is 1. The Morgan fingerprint density at radius 1 is 1.29 bits per heavy atom. The Balaban J connectivity index is 2.94. The van der Waals surface area contributed by atoms with Crippen LogP contribution >= 0.6 is 0 Å². The van der Waals surface area contributed by atoms with Crippen LogP contribution in [0.3, 0.4) is 0 Å². The summed E-state index contributed by atoms with van der Waals surface area (Å²) in [6.45, 7) is 0. The predicted octanol–water partition coefficient (Wildman–Crippen LogP) is 1.48. The third-order valence-electron chi connectivity index (χ3n) is 2.12. The molecule has 0 spiro atoms. The van der Waals surface area contributed by atoms with Crippen molar-refractivity contribution in [3.05, 3.63) is 39.8 Å². The van der Waals surface area contributed by atoms with Gasteiger partial charge in [-0.3, -0.25) is 0 Å². The molecular formula is C10H4F2O5. The van der Waals surface area contributed by atoms with E-state index >= 15 is 0 Å². The second kappa shape index (κ2) is 3.55. The zero-order chi connectivity index (χ0) is 12.7. The lowest BCUT2D eigenvalue weighted by Gasteiger charge is -2.02. The normalized spacial score (nSPS) is 10.7. The molecule has 2 N–H and O–H groups in total. The summed E-state index contributed by atoms with van der Waals surface area (Å²) in [5.74, 6) is -5.59. The Labute approximate surface area is 91.5 Å². The fraction of sp³-hybridized carbons (Fsp3) is 0. The molecular weight excluding hydrogens is 238 g/mol. The summed E-state index contributed by atoms with van der Waals surface area (Å²) in [6, 6.07) is 1.44. The fourth-order valence-corrected chi connectivity index (χ4v) is 1.33. The van der Waals surface area contributed by atoms with Crippen molar-refractivity contribution in [2.75, 3.05) is 0 Å². The van der Waals surface area contributed by atoms with E-state index in [1.807, 2.05) is 0 Å². The number of fused-ring (bicyclic) bond motifs is 1. The van der Waals surface area contributed by atoms with E-state index in [0.29, 0.717) is 6.07 Å². The molecule has 2 aromatic rings. The maximum Gasteiger partial charge on any atom is 0.351 e. The lowest BCUT2D eigenvalue weighted by atomic mass is 10.1. The molecule has 0 bridgehead atoms. The molecule has 88 valence electrons. The van der Waals surface area contributed by atoms with Gasteiger partial charge in [0, 0.05) is 5.39 Å². The average molecular weight is 242 g/mol. The van der Waals surface area contributed by atoms with Gasteiger partial charge in [-0.15, -0.1) is 0 Å². The van der Waals surface area contributed by atoms with Crippen molar-refractivity contribution in [3.63, 3.8) is 0 Å². The van der Waals surface area contributed by atoms with E-state index in [0.717, 1.165) is 6.07 Å². The van der Waals surface area contributed by atoms with Crippen molar-refractivity contribution in [1.29, 1.82) is 0 Å². The number of carboxylic acid groups (broad SMARTS) is 1. The zero-order valence-electron chi connectivity index (χ0n) is 8.03. The molecule has 0 unspecified atom stereocenters. The third kappa shape index (κ3) is 1.61. The molecule has 2 rings (SSSR count). The molecule has 5 nitrogen and oxygen atoms in total. The van der Waals surface area contributed by atoms with Crippen molar-refractivity contribution in [1.82, 2.24) is 0 Å². The first-order valence-electron chi connectivity index (χ1n) is 4.30. The molecule has 0 saturated carbocycles. The number of phenols is 1. The minimum Gasteiger partial charge on any atom is -0.503 e. The molecule has 0 atom stereocenters. The topological polar surface area (TPSA) is 87.7 Å². The van der Waals surface area contributed by atoms with E-state index in [1.54, 1.807) is 0 Å². The molecule has 1 aromatic heterocycles. The van der Waals surface area contributed by atoms with Gasteiger partial charge in [0.05, 0.1) is 0 Å². The van der Waals surface area contributed by atoms with Crippen LogP contribution in [-0.2, 0) is 0 Å². The minimum absolute atomic E-state index is 0.269. The van der Waals surface area contributed by atoms with Gasteiger partial charge in [-0.05, 0) is 12.1 Å². The highest BCUT2D eigenvalue weighted by atomic mass is 19.1. The maximum absolute atomic E-state index is 13.3. The van der Waals surface area contributed by atoms with Gasteiger partial charge in [0.25, 0.3) is 0 Å². The van der Waals surface area contributed by atoms with Crippen LogP contribution < -0.4 is 5.63 Å². The lowest BCUT2D eigenvalue weighted by Crippen LogP contribution is -2.13. The zero-order valence-corrected chi connectivity index (χ0v) is 8.03. The molecule has 0 radical (unpaired) electrons. The van der Waals surface area contributed by atoms with Crippen LogP contribution in [-0.4, -0.2) is 16.2 Å². The summed E-state index contributed by atoms with van der Waals surface area (Å²) < 4.78 is 30.7. The molecule has 0 amide bonds. The number of hydrogen-bond acceptors (Lipinski definition) is 4. The number of rotatable bonds is 1. The van der Waals surface area contributed by atoms with E-state index in [4.69, 9.17) is 10.2 Å². The standard InChI is InChI=1S/C10H4F2O5/c11-5-2-3-1-4(9(14)15)10(16)17-8(3)6(12)7(5)13/h1-2,13H,(H,14,15). The highest BCUT2D eigenvalue weighted by Gasteiger charge is 2.19. The van der Waals surface area contributed by atoms with E-state index in [9.17, 15) is 18.4 Å². The van der Waals surface area contributed by atoms with Gasteiger partial charge in [0.2, 0.25) is 5.82 Å². The Morgan fingerprint density at radius 2 is 1.94 bits per heavy atom. The number of benzene rings is 1. The monoisotopic (exact) mass is 242 g/mol. The molecule has 17 heavy (non-hydrogen) atoms. The Morgan fingerprint density at radius 3 is 2.53 bits per heavy atom. The first-order valence-corrected chi connectivity index (χ1v) is 4.30. The van der Waals surface area contributed by atoms with E-state index in [2.05, 4.69) is 4.42 Å². The molecule has 7 heteroatoms. The summed E-state index contributed by atoms with van der Waals surface area (Å²) in [7, 11) is 0. The number of phenolic OH excluding ortho intramolecular Hbond substituents is 1. The highest BCUT2D eigenvalue weighted by Crippen LogP contribution is 2.28. The number of carbonyl (C=O) groups is 1. The van der Waals surface area contributed by atoms with Gasteiger partial charge in [-0.2, -0.15) is 4.39 Å². The van der Waals surface area contributed by atoms with Gasteiger partial charge in [-0.1, -0.05) is 0 Å². The largest absolute Gasteiger partial charge is 0.503 e. The van der Waals surface area contributed by atoms with Crippen LogP contribution in [0.15, 0.2) is 21.3 Å². The minimum atomic E-state index is -1.57. The van der Waals surface area contributed by atoms with E-state index in [1.165, 1.54) is 0 Å². The first-order chi connectivity index (χ1) is 7.91. The van der Waals surface area contributed by atoms with Crippen LogP contribution in [0.25, 0.3) is 11.0 Å². The Hall–Kier alpha value is -2.44. The number of aromatic hydroxyl groups is 1. The fourth-order valence-electron chi connectivity index (χ4n) is 1.33. The summed E-state index contributed by atoms with van der Waals surface area (Å²) in [5.41, 5.74) is -2.73. The smallest absolute Gasteiger partial charge is 0.351 e. The summed E-state index contributed by atoms with van der Waals surface area (Å²) in [6.07, 6.45) is 0. The lowest BCUT2D eigenvalue weighted by molar-refractivity contribution is 0.0692. The first kappa shape index (κ1) is 11.1. The molecule has 1 aromatic carbocycles. The van der Waals surface area contributed by atoms with Gasteiger partial charge in [0.15, 0.2) is 17.1 Å². The molecule has 0 fully saturated rings. The van der Waals surface area contributed by atoms with Crippen molar-refractivity contribution < 1.29 is 28.2 Å². The molecule has 1 heterocycles. The van der Waals surface area contributed by atoms with Gasteiger partial charge < -0.3 is 14.6 Å². The molecule has 0 aliphatic carbocycles.